The molecular weight excluding hydrogens is 419 g/mol. The van der Waals surface area contributed by atoms with Crippen molar-refractivity contribution in [1.29, 1.82) is 0 Å². The van der Waals surface area contributed by atoms with Gasteiger partial charge in [0.15, 0.2) is 0 Å². The van der Waals surface area contributed by atoms with E-state index in [0.717, 1.165) is 48.1 Å². The fourth-order valence-electron chi connectivity index (χ4n) is 3.80. The second-order valence-electron chi connectivity index (χ2n) is 7.76. The third-order valence-corrected chi connectivity index (χ3v) is 6.27. The Morgan fingerprint density at radius 3 is 2.84 bits per heavy atom. The predicted octanol–water partition coefficient (Wildman–Crippen LogP) is 7.84. The molecule has 0 radical (unpaired) electrons. The Hall–Kier alpha value is -2.33. The molecule has 2 nitrogen and oxygen atoms in total. The fourth-order valence-corrected chi connectivity index (χ4v) is 4.56. The molecule has 1 unspecified atom stereocenters. The van der Waals surface area contributed by atoms with Crippen molar-refractivity contribution < 1.29 is 13.9 Å². The molecule has 0 amide bonds. The molecule has 0 aromatic heterocycles. The summed E-state index contributed by atoms with van der Waals surface area (Å²) >= 11 is 1.85. The van der Waals surface area contributed by atoms with Gasteiger partial charge in [-0.3, -0.25) is 4.79 Å². The van der Waals surface area contributed by atoms with Crippen molar-refractivity contribution in [3.63, 3.8) is 0 Å². The number of thioether (sulfide) groups is 1. The van der Waals surface area contributed by atoms with Gasteiger partial charge >= 0.3 is 5.97 Å². The van der Waals surface area contributed by atoms with Crippen LogP contribution in [0.4, 0.5) is 4.39 Å². The van der Waals surface area contributed by atoms with Gasteiger partial charge in [0.1, 0.15) is 5.82 Å². The van der Waals surface area contributed by atoms with Crippen LogP contribution in [0.1, 0.15) is 63.5 Å². The molecule has 1 aromatic rings. The molecule has 0 bridgehead atoms. The minimum absolute atomic E-state index is 0.179. The van der Waals surface area contributed by atoms with E-state index in [4.69, 9.17) is 4.74 Å². The summed E-state index contributed by atoms with van der Waals surface area (Å²) in [5.74, 6) is 0.337. The van der Waals surface area contributed by atoms with Gasteiger partial charge in [-0.2, -0.15) is 0 Å². The van der Waals surface area contributed by atoms with E-state index in [1.807, 2.05) is 23.9 Å². The van der Waals surface area contributed by atoms with Gasteiger partial charge in [-0.1, -0.05) is 55.0 Å². The number of esters is 1. The maximum atomic E-state index is 14.0. The van der Waals surface area contributed by atoms with Crippen LogP contribution in [0.25, 0.3) is 0 Å². The first kappa shape index (κ1) is 25.9. The number of hydrogen-bond acceptors (Lipinski definition) is 3. The Labute approximate surface area is 197 Å². The van der Waals surface area contributed by atoms with Crippen molar-refractivity contribution in [1.82, 2.24) is 0 Å². The van der Waals surface area contributed by atoms with Crippen molar-refractivity contribution in [2.24, 2.45) is 0 Å². The minimum atomic E-state index is -0.275. The van der Waals surface area contributed by atoms with Crippen LogP contribution in [-0.2, 0) is 16.0 Å². The van der Waals surface area contributed by atoms with Crippen molar-refractivity contribution in [3.8, 4) is 0 Å². The Bertz CT molecular complexity index is 908. The van der Waals surface area contributed by atoms with E-state index in [1.165, 1.54) is 16.5 Å². The van der Waals surface area contributed by atoms with Gasteiger partial charge in [-0.05, 0) is 74.1 Å². The van der Waals surface area contributed by atoms with Crippen molar-refractivity contribution >= 4 is 17.7 Å². The molecule has 32 heavy (non-hydrogen) atoms. The molecule has 0 N–H and O–H groups in total. The third kappa shape index (κ3) is 8.31. The lowest BCUT2D eigenvalue weighted by Gasteiger charge is -2.15. The lowest BCUT2D eigenvalue weighted by molar-refractivity contribution is -0.143. The zero-order valence-corrected chi connectivity index (χ0v) is 20.3. The highest BCUT2D eigenvalue weighted by Crippen LogP contribution is 2.34. The van der Waals surface area contributed by atoms with Crippen LogP contribution in [0.5, 0.6) is 0 Å². The normalized spacial score (nSPS) is 17.8. The number of hydrogen-bond donors (Lipinski definition) is 0. The maximum Gasteiger partial charge on any atom is 0.306 e. The van der Waals surface area contributed by atoms with Gasteiger partial charge in [0.05, 0.1) is 13.0 Å². The van der Waals surface area contributed by atoms with Crippen LogP contribution in [0.15, 0.2) is 77.3 Å². The SMILES string of the molecule is C=CCC/C=C(/C=C\C/C=C1\Cc2ccc(F)cc2C(CC(=O)OCC)C=C1C)SCC. The van der Waals surface area contributed by atoms with E-state index in [2.05, 4.69) is 50.8 Å². The number of unbranched alkanes of at least 4 members (excludes halogenated alkanes) is 1. The van der Waals surface area contributed by atoms with E-state index in [-0.39, 0.29) is 24.1 Å². The monoisotopic (exact) mass is 454 g/mol. The summed E-state index contributed by atoms with van der Waals surface area (Å²) in [6.07, 6.45) is 16.7. The number of carbonyl (C=O) groups excluding carboxylic acids is 1. The zero-order chi connectivity index (χ0) is 23.3. The lowest BCUT2D eigenvalue weighted by Crippen LogP contribution is -2.10. The average molecular weight is 455 g/mol. The van der Waals surface area contributed by atoms with Crippen molar-refractivity contribution in [2.45, 2.75) is 58.8 Å². The number of fused-ring (bicyclic) bond motifs is 1. The quantitative estimate of drug-likeness (QED) is 0.147. The second-order valence-corrected chi connectivity index (χ2v) is 9.10. The van der Waals surface area contributed by atoms with Gasteiger partial charge in [0.25, 0.3) is 0 Å². The number of rotatable bonds is 11. The largest absolute Gasteiger partial charge is 0.466 e. The Morgan fingerprint density at radius 1 is 1.31 bits per heavy atom. The molecular formula is C28H35FO2S. The van der Waals surface area contributed by atoms with Crippen LogP contribution in [0.2, 0.25) is 0 Å². The summed E-state index contributed by atoms with van der Waals surface area (Å²) in [6.45, 7) is 10.2. The minimum Gasteiger partial charge on any atom is -0.466 e. The third-order valence-electron chi connectivity index (χ3n) is 5.35. The number of ether oxygens (including phenoxy) is 1. The van der Waals surface area contributed by atoms with Gasteiger partial charge in [0.2, 0.25) is 0 Å². The van der Waals surface area contributed by atoms with Crippen LogP contribution in [0.3, 0.4) is 0 Å². The molecule has 1 aliphatic carbocycles. The second kappa shape index (κ2) is 13.9. The standard InChI is InChI=1S/C28H35FO2S/c1-5-8-9-13-26(32-7-3)14-11-10-12-22-18-23-15-16-25(29)20-27(23)24(17-21(22)4)19-28(30)31-6-2/h5,11-17,20,24H,1,6-10,18-19H2,2-4H3/b14-11-,22-12+,26-13-. The van der Waals surface area contributed by atoms with E-state index in [9.17, 15) is 9.18 Å². The molecule has 0 saturated heterocycles. The van der Waals surface area contributed by atoms with Crippen LogP contribution >= 0.6 is 11.8 Å². The summed E-state index contributed by atoms with van der Waals surface area (Å²) in [5, 5.41) is 0. The molecule has 2 rings (SSSR count). The molecule has 1 aromatic carbocycles. The van der Waals surface area contributed by atoms with Gasteiger partial charge in [0, 0.05) is 10.8 Å². The molecule has 0 aliphatic heterocycles. The average Bonchev–Trinajstić information content (AvgIpc) is 2.88. The molecule has 1 atom stereocenters. The number of benzene rings is 1. The molecule has 0 heterocycles. The zero-order valence-electron chi connectivity index (χ0n) is 19.5. The van der Waals surface area contributed by atoms with E-state index >= 15 is 0 Å². The molecule has 0 saturated carbocycles. The van der Waals surface area contributed by atoms with E-state index in [1.54, 1.807) is 13.0 Å². The van der Waals surface area contributed by atoms with Crippen LogP contribution < -0.4 is 0 Å². The number of carbonyl (C=O) groups is 1. The number of allylic oxidation sites excluding steroid dienone is 8. The summed E-state index contributed by atoms with van der Waals surface area (Å²) in [4.78, 5) is 13.4. The lowest BCUT2D eigenvalue weighted by atomic mass is 9.91. The first-order valence-corrected chi connectivity index (χ1v) is 12.4. The van der Waals surface area contributed by atoms with Gasteiger partial charge in [-0.15, -0.1) is 18.3 Å². The van der Waals surface area contributed by atoms with Gasteiger partial charge < -0.3 is 4.74 Å². The van der Waals surface area contributed by atoms with Crippen molar-refractivity contribution in [2.75, 3.05) is 12.4 Å². The summed E-state index contributed by atoms with van der Waals surface area (Å²) in [5.41, 5.74) is 4.29. The highest BCUT2D eigenvalue weighted by atomic mass is 32.2. The highest BCUT2D eigenvalue weighted by molar-refractivity contribution is 8.03. The Balaban J connectivity index is 2.22. The van der Waals surface area contributed by atoms with Crippen LogP contribution in [-0.4, -0.2) is 18.3 Å². The smallest absolute Gasteiger partial charge is 0.306 e. The fraction of sp³-hybridized carbons (Fsp3) is 0.393. The highest BCUT2D eigenvalue weighted by Gasteiger charge is 2.23. The predicted molar refractivity (Wildman–Crippen MR) is 135 cm³/mol. The topological polar surface area (TPSA) is 26.3 Å². The first-order valence-electron chi connectivity index (χ1n) is 11.4. The first-order chi connectivity index (χ1) is 15.5. The number of halogens is 1. The van der Waals surface area contributed by atoms with Crippen LogP contribution in [0, 0.1) is 5.82 Å². The van der Waals surface area contributed by atoms with Gasteiger partial charge in [-0.25, -0.2) is 4.39 Å². The molecule has 172 valence electrons. The summed E-state index contributed by atoms with van der Waals surface area (Å²) in [7, 11) is 0. The Morgan fingerprint density at radius 2 is 2.12 bits per heavy atom. The van der Waals surface area contributed by atoms with Crippen molar-refractivity contribution in [3.05, 3.63) is 94.2 Å². The summed E-state index contributed by atoms with van der Waals surface area (Å²) < 4.78 is 19.2. The molecule has 0 fully saturated rings. The summed E-state index contributed by atoms with van der Waals surface area (Å²) in [6, 6.07) is 4.91. The molecule has 0 spiro atoms. The Kier molecular flexibility index (Phi) is 11.3. The molecule has 1 aliphatic rings. The maximum absolute atomic E-state index is 14.0. The molecule has 4 heteroatoms. The van der Waals surface area contributed by atoms with E-state index in [0.29, 0.717) is 6.61 Å². The van der Waals surface area contributed by atoms with E-state index < -0.39 is 0 Å².